The molecule has 0 unspecified atom stereocenters. The lowest BCUT2D eigenvalue weighted by Crippen LogP contribution is -2.21. The number of esters is 1. The van der Waals surface area contributed by atoms with Crippen LogP contribution < -0.4 is 5.73 Å². The Hall–Kier alpha value is -0.610. The highest BCUT2D eigenvalue weighted by molar-refractivity contribution is 5.69. The summed E-state index contributed by atoms with van der Waals surface area (Å²) in [6, 6.07) is 0. The van der Waals surface area contributed by atoms with Crippen molar-refractivity contribution in [1.29, 1.82) is 0 Å². The van der Waals surface area contributed by atoms with Crippen molar-refractivity contribution in [2.75, 3.05) is 33.8 Å². The molecule has 0 bridgehead atoms. The molecule has 0 radical (unpaired) electrons. The van der Waals surface area contributed by atoms with Crippen LogP contribution in [0.1, 0.15) is 32.1 Å². The lowest BCUT2D eigenvalue weighted by Gasteiger charge is -2.15. The average Bonchev–Trinajstić information content (AvgIpc) is 2.24. The summed E-state index contributed by atoms with van der Waals surface area (Å²) >= 11 is 0. The first-order chi connectivity index (χ1) is 7.20. The van der Waals surface area contributed by atoms with E-state index in [1.807, 2.05) is 0 Å². The second-order valence-electron chi connectivity index (χ2n) is 3.83. The lowest BCUT2D eigenvalue weighted by atomic mass is 10.2. The molecular formula is C11H24N2O2. The number of hydrogen-bond donors (Lipinski definition) is 1. The molecule has 0 atom stereocenters. The smallest absolute Gasteiger partial charge is 0.305 e. The molecule has 0 aromatic carbocycles. The molecule has 90 valence electrons. The molecule has 0 amide bonds. The summed E-state index contributed by atoms with van der Waals surface area (Å²) in [6.45, 7) is 2.82. The van der Waals surface area contributed by atoms with Gasteiger partial charge in [-0.15, -0.1) is 0 Å². The summed E-state index contributed by atoms with van der Waals surface area (Å²) in [7, 11) is 3.51. The van der Waals surface area contributed by atoms with Gasteiger partial charge in [-0.3, -0.25) is 4.79 Å². The van der Waals surface area contributed by atoms with Gasteiger partial charge in [0, 0.05) is 6.42 Å². The average molecular weight is 216 g/mol. The zero-order valence-corrected chi connectivity index (χ0v) is 10.00. The summed E-state index contributed by atoms with van der Waals surface area (Å²) in [4.78, 5) is 13.1. The monoisotopic (exact) mass is 216 g/mol. The van der Waals surface area contributed by atoms with E-state index in [9.17, 15) is 4.79 Å². The maximum atomic E-state index is 10.8. The molecule has 0 saturated carbocycles. The minimum atomic E-state index is -0.119. The Morgan fingerprint density at radius 3 is 2.47 bits per heavy atom. The fourth-order valence-electron chi connectivity index (χ4n) is 1.41. The maximum Gasteiger partial charge on any atom is 0.305 e. The molecule has 4 heteroatoms. The number of unbranched alkanes of at least 4 members (excludes halogenated alkanes) is 2. The van der Waals surface area contributed by atoms with Gasteiger partial charge in [-0.2, -0.15) is 0 Å². The third-order valence-electron chi connectivity index (χ3n) is 2.39. The summed E-state index contributed by atoms with van der Waals surface area (Å²) in [5.74, 6) is -0.119. The highest BCUT2D eigenvalue weighted by Gasteiger charge is 2.02. The van der Waals surface area contributed by atoms with Gasteiger partial charge in [0.2, 0.25) is 0 Å². The van der Waals surface area contributed by atoms with E-state index in [1.165, 1.54) is 20.0 Å². The number of hydrogen-bond acceptors (Lipinski definition) is 4. The van der Waals surface area contributed by atoms with Crippen molar-refractivity contribution < 1.29 is 9.53 Å². The van der Waals surface area contributed by atoms with Crippen LogP contribution in [0, 0.1) is 0 Å². The molecule has 0 aromatic rings. The van der Waals surface area contributed by atoms with E-state index in [2.05, 4.69) is 16.7 Å². The normalized spacial score (nSPS) is 10.7. The van der Waals surface area contributed by atoms with Crippen LogP contribution in [0.15, 0.2) is 0 Å². The van der Waals surface area contributed by atoms with Gasteiger partial charge in [0.05, 0.1) is 7.11 Å². The number of methoxy groups -OCH3 is 1. The SMILES string of the molecule is COC(=O)CCCN(C)CCCCCN. The quantitative estimate of drug-likeness (QED) is 0.461. The second kappa shape index (κ2) is 9.93. The molecule has 0 aliphatic heterocycles. The molecule has 0 aliphatic rings. The maximum absolute atomic E-state index is 10.8. The van der Waals surface area contributed by atoms with Crippen LogP contribution in [-0.2, 0) is 9.53 Å². The number of rotatable bonds is 9. The Morgan fingerprint density at radius 2 is 1.87 bits per heavy atom. The molecule has 2 N–H and O–H groups in total. The lowest BCUT2D eigenvalue weighted by molar-refractivity contribution is -0.140. The molecule has 0 rings (SSSR count). The first kappa shape index (κ1) is 14.4. The van der Waals surface area contributed by atoms with E-state index in [1.54, 1.807) is 0 Å². The van der Waals surface area contributed by atoms with Gasteiger partial charge in [-0.25, -0.2) is 0 Å². The molecular weight excluding hydrogens is 192 g/mol. The van der Waals surface area contributed by atoms with E-state index in [-0.39, 0.29) is 5.97 Å². The Balaban J connectivity index is 3.25. The van der Waals surface area contributed by atoms with Crippen molar-refractivity contribution in [3.05, 3.63) is 0 Å². The van der Waals surface area contributed by atoms with E-state index in [0.717, 1.165) is 32.5 Å². The molecule has 15 heavy (non-hydrogen) atoms. The van der Waals surface area contributed by atoms with E-state index < -0.39 is 0 Å². The third kappa shape index (κ3) is 9.69. The van der Waals surface area contributed by atoms with Gasteiger partial charge in [0.15, 0.2) is 0 Å². The fraction of sp³-hybridized carbons (Fsp3) is 0.909. The van der Waals surface area contributed by atoms with Crippen molar-refractivity contribution in [3.63, 3.8) is 0 Å². The van der Waals surface area contributed by atoms with Gasteiger partial charge < -0.3 is 15.4 Å². The Labute approximate surface area is 92.8 Å². The Morgan fingerprint density at radius 1 is 1.20 bits per heavy atom. The van der Waals surface area contributed by atoms with Crippen LogP contribution in [0.25, 0.3) is 0 Å². The second-order valence-corrected chi connectivity index (χ2v) is 3.83. The van der Waals surface area contributed by atoms with Crippen LogP contribution in [0.4, 0.5) is 0 Å². The Bertz CT molecular complexity index is 163. The van der Waals surface area contributed by atoms with E-state index in [0.29, 0.717) is 6.42 Å². The Kier molecular flexibility index (Phi) is 9.52. The number of nitrogens with two attached hydrogens (primary N) is 1. The number of carbonyl (C=O) groups is 1. The molecule has 0 saturated heterocycles. The van der Waals surface area contributed by atoms with Crippen molar-refractivity contribution in [2.24, 2.45) is 5.73 Å². The van der Waals surface area contributed by atoms with Gasteiger partial charge in [-0.1, -0.05) is 6.42 Å². The van der Waals surface area contributed by atoms with Crippen molar-refractivity contribution in [3.8, 4) is 0 Å². The van der Waals surface area contributed by atoms with Crippen molar-refractivity contribution in [1.82, 2.24) is 4.90 Å². The summed E-state index contributed by atoms with van der Waals surface area (Å²) < 4.78 is 4.57. The summed E-state index contributed by atoms with van der Waals surface area (Å²) in [6.07, 6.45) is 4.88. The van der Waals surface area contributed by atoms with Crippen LogP contribution in [0.5, 0.6) is 0 Å². The third-order valence-corrected chi connectivity index (χ3v) is 2.39. The van der Waals surface area contributed by atoms with E-state index >= 15 is 0 Å². The standard InChI is InChI=1S/C11H24N2O2/c1-13(9-5-3-4-8-12)10-6-7-11(14)15-2/h3-10,12H2,1-2H3. The van der Waals surface area contributed by atoms with Crippen molar-refractivity contribution in [2.45, 2.75) is 32.1 Å². The van der Waals surface area contributed by atoms with Gasteiger partial charge in [-0.05, 0) is 45.9 Å². The van der Waals surface area contributed by atoms with Crippen molar-refractivity contribution >= 4 is 5.97 Å². The number of nitrogens with zero attached hydrogens (tertiary/aromatic N) is 1. The highest BCUT2D eigenvalue weighted by atomic mass is 16.5. The molecule has 0 aromatic heterocycles. The highest BCUT2D eigenvalue weighted by Crippen LogP contribution is 1.99. The van der Waals surface area contributed by atoms with Crippen LogP contribution >= 0.6 is 0 Å². The minimum absolute atomic E-state index is 0.119. The first-order valence-corrected chi connectivity index (χ1v) is 5.66. The largest absolute Gasteiger partial charge is 0.469 e. The topological polar surface area (TPSA) is 55.6 Å². The van der Waals surface area contributed by atoms with Gasteiger partial charge in [0.1, 0.15) is 0 Å². The van der Waals surface area contributed by atoms with E-state index in [4.69, 9.17) is 5.73 Å². The molecule has 0 fully saturated rings. The van der Waals surface area contributed by atoms with Crippen LogP contribution in [0.3, 0.4) is 0 Å². The zero-order valence-electron chi connectivity index (χ0n) is 10.00. The molecule has 0 heterocycles. The number of ether oxygens (including phenoxy) is 1. The van der Waals surface area contributed by atoms with Crippen LogP contribution in [0.2, 0.25) is 0 Å². The minimum Gasteiger partial charge on any atom is -0.469 e. The fourth-order valence-corrected chi connectivity index (χ4v) is 1.41. The van der Waals surface area contributed by atoms with Crippen LogP contribution in [-0.4, -0.2) is 44.7 Å². The zero-order chi connectivity index (χ0) is 11.5. The molecule has 0 spiro atoms. The predicted octanol–water partition coefficient (Wildman–Crippen LogP) is 1.00. The predicted molar refractivity (Wildman–Crippen MR) is 61.7 cm³/mol. The summed E-state index contributed by atoms with van der Waals surface area (Å²) in [5, 5.41) is 0. The van der Waals surface area contributed by atoms with Gasteiger partial charge in [0.25, 0.3) is 0 Å². The molecule has 0 aliphatic carbocycles. The first-order valence-electron chi connectivity index (χ1n) is 5.66. The summed E-state index contributed by atoms with van der Waals surface area (Å²) in [5.41, 5.74) is 5.41. The molecule has 4 nitrogen and oxygen atoms in total. The van der Waals surface area contributed by atoms with Gasteiger partial charge >= 0.3 is 5.97 Å². The number of carbonyl (C=O) groups excluding carboxylic acids is 1.